The van der Waals surface area contributed by atoms with Gasteiger partial charge < -0.3 is 10.3 Å². The first kappa shape index (κ1) is 19.6. The smallest absolute Gasteiger partial charge is 0.259 e. The minimum absolute atomic E-state index is 0.0145. The van der Waals surface area contributed by atoms with Gasteiger partial charge in [0, 0.05) is 10.9 Å². The third kappa shape index (κ3) is 3.88. The zero-order valence-corrected chi connectivity index (χ0v) is 18.6. The van der Waals surface area contributed by atoms with Gasteiger partial charge in [-0.05, 0) is 75.2 Å². The van der Waals surface area contributed by atoms with E-state index < -0.39 is 0 Å². The topological polar surface area (TPSA) is 74.8 Å². The van der Waals surface area contributed by atoms with Gasteiger partial charge in [-0.3, -0.25) is 9.59 Å². The Morgan fingerprint density at radius 3 is 2.97 bits per heavy atom. The Morgan fingerprint density at radius 1 is 1.31 bits per heavy atom. The SMILES string of the molecule is CC(NC(=O)CSCc1nc2sc3c(c2c(=O)[nH]1)CCCC3)C1CC2CCC1C2. The summed E-state index contributed by atoms with van der Waals surface area (Å²) >= 11 is 3.20. The van der Waals surface area contributed by atoms with Gasteiger partial charge in [-0.25, -0.2) is 4.98 Å². The summed E-state index contributed by atoms with van der Waals surface area (Å²) in [5.41, 5.74) is 1.21. The van der Waals surface area contributed by atoms with Crippen molar-refractivity contribution in [1.82, 2.24) is 15.3 Å². The van der Waals surface area contributed by atoms with E-state index in [1.165, 1.54) is 54.3 Å². The number of nitrogens with zero attached hydrogens (tertiary/aromatic N) is 1. The molecular formula is C22H29N3O2S2. The molecule has 0 spiro atoms. The van der Waals surface area contributed by atoms with Crippen LogP contribution in [0.15, 0.2) is 4.79 Å². The molecule has 5 nitrogen and oxygen atoms in total. The van der Waals surface area contributed by atoms with Gasteiger partial charge in [0.2, 0.25) is 5.91 Å². The molecule has 2 aromatic heterocycles. The molecule has 2 aromatic rings. The second-order valence-electron chi connectivity index (χ2n) is 9.09. The van der Waals surface area contributed by atoms with Gasteiger partial charge in [0.15, 0.2) is 0 Å². The standard InChI is InChI=1S/C22H29N3O2S2/c1-12(16-9-13-6-7-14(16)8-13)23-19(26)11-28-10-18-24-21(27)20-15-4-2-3-5-17(15)29-22(20)25-18/h12-14,16H,2-11H2,1H3,(H,23,26)(H,24,25,27). The van der Waals surface area contributed by atoms with Gasteiger partial charge in [0.05, 0.1) is 16.9 Å². The van der Waals surface area contributed by atoms with Crippen molar-refractivity contribution in [2.24, 2.45) is 17.8 Å². The third-order valence-corrected chi connectivity index (χ3v) is 9.30. The lowest BCUT2D eigenvalue weighted by Gasteiger charge is -2.28. The number of thioether (sulfide) groups is 1. The van der Waals surface area contributed by atoms with Gasteiger partial charge in [-0.15, -0.1) is 23.1 Å². The first-order chi connectivity index (χ1) is 14.1. The van der Waals surface area contributed by atoms with Crippen LogP contribution in [0.1, 0.15) is 61.7 Å². The number of hydrogen-bond acceptors (Lipinski definition) is 5. The lowest BCUT2D eigenvalue weighted by molar-refractivity contribution is -0.119. The van der Waals surface area contributed by atoms with Crippen LogP contribution in [0.25, 0.3) is 10.2 Å². The number of aryl methyl sites for hydroxylation is 2. The summed E-state index contributed by atoms with van der Waals surface area (Å²) in [6.07, 6.45) is 9.82. The van der Waals surface area contributed by atoms with Crippen molar-refractivity contribution in [3.63, 3.8) is 0 Å². The van der Waals surface area contributed by atoms with E-state index in [9.17, 15) is 9.59 Å². The van der Waals surface area contributed by atoms with E-state index >= 15 is 0 Å². The monoisotopic (exact) mass is 431 g/mol. The van der Waals surface area contributed by atoms with Gasteiger partial charge in [0.25, 0.3) is 5.56 Å². The van der Waals surface area contributed by atoms with E-state index in [1.54, 1.807) is 11.3 Å². The number of carbonyl (C=O) groups excluding carboxylic acids is 1. The average molecular weight is 432 g/mol. The van der Waals surface area contributed by atoms with Crippen LogP contribution in [0.4, 0.5) is 0 Å². The first-order valence-electron chi connectivity index (χ1n) is 11.0. The average Bonchev–Trinajstić information content (AvgIpc) is 3.41. The van der Waals surface area contributed by atoms with Crippen molar-refractivity contribution >= 4 is 39.2 Å². The molecule has 4 atom stereocenters. The fourth-order valence-corrected chi connectivity index (χ4v) is 7.81. The highest BCUT2D eigenvalue weighted by Gasteiger charge is 2.42. The second-order valence-corrected chi connectivity index (χ2v) is 11.2. The predicted molar refractivity (Wildman–Crippen MR) is 120 cm³/mol. The zero-order valence-electron chi connectivity index (χ0n) is 17.0. The fraction of sp³-hybridized carbons (Fsp3) is 0.682. The highest BCUT2D eigenvalue weighted by molar-refractivity contribution is 7.99. The number of aromatic amines is 1. The number of aromatic nitrogens is 2. The molecule has 3 aliphatic carbocycles. The molecule has 7 heteroatoms. The van der Waals surface area contributed by atoms with Gasteiger partial charge in [0.1, 0.15) is 10.7 Å². The second kappa shape index (κ2) is 8.06. The van der Waals surface area contributed by atoms with Crippen molar-refractivity contribution < 1.29 is 4.79 Å². The van der Waals surface area contributed by atoms with Crippen molar-refractivity contribution in [2.75, 3.05) is 5.75 Å². The van der Waals surface area contributed by atoms with E-state index in [2.05, 4.69) is 17.2 Å². The number of nitrogens with one attached hydrogen (secondary N) is 2. The van der Waals surface area contributed by atoms with E-state index in [4.69, 9.17) is 4.98 Å². The number of carbonyl (C=O) groups is 1. The van der Waals surface area contributed by atoms with Crippen molar-refractivity contribution in [1.29, 1.82) is 0 Å². The van der Waals surface area contributed by atoms with Crippen LogP contribution in [0.5, 0.6) is 0 Å². The van der Waals surface area contributed by atoms with Crippen LogP contribution in [0.2, 0.25) is 0 Å². The Bertz CT molecular complexity index is 982. The van der Waals surface area contributed by atoms with E-state index in [0.717, 1.165) is 41.3 Å². The number of thiophene rings is 1. The summed E-state index contributed by atoms with van der Waals surface area (Å²) in [7, 11) is 0. The molecule has 2 bridgehead atoms. The number of hydrogen-bond donors (Lipinski definition) is 2. The minimum Gasteiger partial charge on any atom is -0.353 e. The fourth-order valence-electron chi connectivity index (χ4n) is 5.83. The largest absolute Gasteiger partial charge is 0.353 e. The number of H-pyrrole nitrogens is 1. The summed E-state index contributed by atoms with van der Waals surface area (Å²) in [6, 6.07) is 0.269. The summed E-state index contributed by atoms with van der Waals surface area (Å²) in [5.74, 6) is 4.13. The Morgan fingerprint density at radius 2 is 2.17 bits per heavy atom. The molecular weight excluding hydrogens is 402 g/mol. The molecule has 3 aliphatic rings. The van der Waals surface area contributed by atoms with Gasteiger partial charge >= 0.3 is 0 Å². The zero-order chi connectivity index (χ0) is 20.0. The predicted octanol–water partition coefficient (Wildman–Crippen LogP) is 4.04. The highest BCUT2D eigenvalue weighted by atomic mass is 32.2. The number of fused-ring (bicyclic) bond motifs is 5. The normalized spacial score (nSPS) is 26.6. The van der Waals surface area contributed by atoms with Crippen molar-refractivity contribution in [2.45, 2.75) is 70.1 Å². The number of rotatable bonds is 6. The lowest BCUT2D eigenvalue weighted by Crippen LogP contribution is -2.40. The molecule has 4 unspecified atom stereocenters. The Kier molecular flexibility index (Phi) is 5.45. The molecule has 2 heterocycles. The quantitative estimate of drug-likeness (QED) is 0.724. The summed E-state index contributed by atoms with van der Waals surface area (Å²) in [4.78, 5) is 34.9. The summed E-state index contributed by atoms with van der Waals surface area (Å²) in [6.45, 7) is 2.17. The molecule has 2 fully saturated rings. The van der Waals surface area contributed by atoms with Gasteiger partial charge in [-0.1, -0.05) is 6.42 Å². The minimum atomic E-state index is -0.0145. The molecule has 5 rings (SSSR count). The molecule has 0 aliphatic heterocycles. The summed E-state index contributed by atoms with van der Waals surface area (Å²) < 4.78 is 0. The molecule has 0 aromatic carbocycles. The third-order valence-electron chi connectivity index (χ3n) is 7.17. The number of amides is 1. The van der Waals surface area contributed by atoms with Crippen molar-refractivity contribution in [3.8, 4) is 0 Å². The maximum Gasteiger partial charge on any atom is 0.259 e. The molecule has 1 amide bonds. The summed E-state index contributed by atoms with van der Waals surface area (Å²) in [5, 5.41) is 4.02. The van der Waals surface area contributed by atoms with E-state index in [1.807, 2.05) is 0 Å². The molecule has 0 radical (unpaired) electrons. The molecule has 29 heavy (non-hydrogen) atoms. The molecule has 2 N–H and O–H groups in total. The Balaban J connectivity index is 1.17. The van der Waals surface area contributed by atoms with Crippen LogP contribution in [-0.4, -0.2) is 27.7 Å². The molecule has 156 valence electrons. The first-order valence-corrected chi connectivity index (χ1v) is 13.0. The van der Waals surface area contributed by atoms with E-state index in [-0.39, 0.29) is 17.5 Å². The lowest BCUT2D eigenvalue weighted by atomic mass is 9.84. The highest BCUT2D eigenvalue weighted by Crippen LogP contribution is 2.49. The van der Waals surface area contributed by atoms with Crippen LogP contribution >= 0.6 is 23.1 Å². The molecule has 2 saturated carbocycles. The van der Waals surface area contributed by atoms with Crippen LogP contribution in [-0.2, 0) is 23.4 Å². The maximum absolute atomic E-state index is 12.6. The van der Waals surface area contributed by atoms with Gasteiger partial charge in [-0.2, -0.15) is 0 Å². The van der Waals surface area contributed by atoms with E-state index in [0.29, 0.717) is 23.2 Å². The molecule has 0 saturated heterocycles. The Labute approximate surface area is 179 Å². The Hall–Kier alpha value is -1.34. The van der Waals surface area contributed by atoms with Crippen LogP contribution in [0, 0.1) is 17.8 Å². The van der Waals surface area contributed by atoms with Crippen molar-refractivity contribution in [3.05, 3.63) is 26.6 Å². The maximum atomic E-state index is 12.6. The van der Waals surface area contributed by atoms with Crippen LogP contribution < -0.4 is 10.9 Å². The van der Waals surface area contributed by atoms with Crippen LogP contribution in [0.3, 0.4) is 0 Å².